The van der Waals surface area contributed by atoms with Gasteiger partial charge in [0.1, 0.15) is 25.0 Å². The lowest BCUT2D eigenvalue weighted by Gasteiger charge is -1.98. The highest BCUT2D eigenvalue weighted by molar-refractivity contribution is 4.86. The summed E-state index contributed by atoms with van der Waals surface area (Å²) in [7, 11) is 1.84. The first-order valence-corrected chi connectivity index (χ1v) is 4.21. The standard InChI is InChI=1S/C7H11N7/c1-13-7(9-4-11-13)3-14-5-10-6(2-8)12-14/h4-5H,2-3,8H2,1H3. The number of nitrogens with two attached hydrogens (primary N) is 1. The Morgan fingerprint density at radius 1 is 1.43 bits per heavy atom. The van der Waals surface area contributed by atoms with Crippen molar-refractivity contribution in [2.45, 2.75) is 13.1 Å². The van der Waals surface area contributed by atoms with Gasteiger partial charge < -0.3 is 5.73 Å². The molecule has 2 N–H and O–H groups in total. The summed E-state index contributed by atoms with van der Waals surface area (Å²) >= 11 is 0. The average molecular weight is 193 g/mol. The quantitative estimate of drug-likeness (QED) is 0.669. The third kappa shape index (κ3) is 1.62. The first-order valence-electron chi connectivity index (χ1n) is 4.21. The molecule has 0 aliphatic rings. The van der Waals surface area contributed by atoms with Crippen LogP contribution in [0.3, 0.4) is 0 Å². The molecule has 0 saturated heterocycles. The Labute approximate surface area is 80.6 Å². The van der Waals surface area contributed by atoms with Crippen LogP contribution in [0.15, 0.2) is 12.7 Å². The largest absolute Gasteiger partial charge is 0.324 e. The summed E-state index contributed by atoms with van der Waals surface area (Å²) < 4.78 is 3.38. The van der Waals surface area contributed by atoms with E-state index in [0.717, 1.165) is 5.82 Å². The highest BCUT2D eigenvalue weighted by Gasteiger charge is 2.03. The van der Waals surface area contributed by atoms with Gasteiger partial charge in [0.15, 0.2) is 5.82 Å². The highest BCUT2D eigenvalue weighted by atomic mass is 15.4. The average Bonchev–Trinajstić information content (AvgIpc) is 2.77. The van der Waals surface area contributed by atoms with Crippen LogP contribution in [0.1, 0.15) is 11.6 Å². The van der Waals surface area contributed by atoms with Gasteiger partial charge in [-0.25, -0.2) is 14.6 Å². The van der Waals surface area contributed by atoms with Gasteiger partial charge in [0, 0.05) is 7.05 Å². The van der Waals surface area contributed by atoms with Crippen LogP contribution in [0.4, 0.5) is 0 Å². The molecule has 0 aromatic carbocycles. The van der Waals surface area contributed by atoms with Gasteiger partial charge in [-0.05, 0) is 0 Å². The number of rotatable bonds is 3. The van der Waals surface area contributed by atoms with Gasteiger partial charge in [0.05, 0.1) is 6.54 Å². The summed E-state index contributed by atoms with van der Waals surface area (Å²) in [5.74, 6) is 1.46. The lowest BCUT2D eigenvalue weighted by atomic mass is 10.6. The molecule has 7 heteroatoms. The van der Waals surface area contributed by atoms with Gasteiger partial charge in [-0.2, -0.15) is 10.2 Å². The van der Waals surface area contributed by atoms with E-state index in [1.807, 2.05) is 7.05 Å². The van der Waals surface area contributed by atoms with E-state index in [2.05, 4.69) is 20.2 Å². The minimum atomic E-state index is 0.353. The summed E-state index contributed by atoms with van der Waals surface area (Å²) in [6, 6.07) is 0. The molecule has 14 heavy (non-hydrogen) atoms. The maximum Gasteiger partial charge on any atom is 0.164 e. The minimum absolute atomic E-state index is 0.353. The molecule has 0 saturated carbocycles. The second kappa shape index (κ2) is 3.54. The number of aromatic nitrogens is 6. The summed E-state index contributed by atoms with van der Waals surface area (Å²) in [4.78, 5) is 8.09. The first-order chi connectivity index (χ1) is 6.79. The summed E-state index contributed by atoms with van der Waals surface area (Å²) in [5, 5.41) is 8.10. The van der Waals surface area contributed by atoms with Crippen molar-refractivity contribution in [1.29, 1.82) is 0 Å². The summed E-state index contributed by atoms with van der Waals surface area (Å²) in [6.45, 7) is 0.912. The maximum atomic E-state index is 5.39. The molecule has 0 aliphatic carbocycles. The van der Waals surface area contributed by atoms with Gasteiger partial charge in [-0.15, -0.1) is 0 Å². The molecule has 7 nitrogen and oxygen atoms in total. The number of hydrogen-bond acceptors (Lipinski definition) is 5. The molecule has 0 unspecified atom stereocenters. The smallest absolute Gasteiger partial charge is 0.164 e. The Balaban J connectivity index is 2.15. The van der Waals surface area contributed by atoms with Crippen LogP contribution in [-0.2, 0) is 20.1 Å². The predicted molar refractivity (Wildman–Crippen MR) is 48.0 cm³/mol. The van der Waals surface area contributed by atoms with Crippen LogP contribution in [0.25, 0.3) is 0 Å². The van der Waals surface area contributed by atoms with Crippen molar-refractivity contribution in [3.05, 3.63) is 24.3 Å². The lowest BCUT2D eigenvalue weighted by molar-refractivity contribution is 0.601. The van der Waals surface area contributed by atoms with Gasteiger partial charge in [-0.3, -0.25) is 4.68 Å². The first kappa shape index (κ1) is 8.82. The molecule has 0 fully saturated rings. The van der Waals surface area contributed by atoms with Crippen LogP contribution in [0.5, 0.6) is 0 Å². The third-order valence-electron chi connectivity index (χ3n) is 1.88. The van der Waals surface area contributed by atoms with Crippen LogP contribution in [-0.4, -0.2) is 29.5 Å². The molecule has 0 amide bonds. The molecule has 2 heterocycles. The van der Waals surface area contributed by atoms with Crippen LogP contribution in [0, 0.1) is 0 Å². The van der Waals surface area contributed by atoms with Gasteiger partial charge in [0.2, 0.25) is 0 Å². The molecule has 2 rings (SSSR count). The monoisotopic (exact) mass is 193 g/mol. The molecule has 0 radical (unpaired) electrons. The van der Waals surface area contributed by atoms with E-state index in [-0.39, 0.29) is 0 Å². The SMILES string of the molecule is Cn1ncnc1Cn1cnc(CN)n1. The van der Waals surface area contributed by atoms with Gasteiger partial charge in [-0.1, -0.05) is 0 Å². The van der Waals surface area contributed by atoms with Gasteiger partial charge >= 0.3 is 0 Å². The molecule has 0 aliphatic heterocycles. The van der Waals surface area contributed by atoms with E-state index in [1.165, 1.54) is 6.33 Å². The second-order valence-corrected chi connectivity index (χ2v) is 2.86. The van der Waals surface area contributed by atoms with Crippen molar-refractivity contribution in [3.8, 4) is 0 Å². The topological polar surface area (TPSA) is 87.4 Å². The highest BCUT2D eigenvalue weighted by Crippen LogP contribution is 1.95. The van der Waals surface area contributed by atoms with E-state index in [9.17, 15) is 0 Å². The normalized spacial score (nSPS) is 10.7. The molecule has 2 aromatic heterocycles. The summed E-state index contributed by atoms with van der Waals surface area (Å²) in [5.41, 5.74) is 5.39. The number of nitrogens with zero attached hydrogens (tertiary/aromatic N) is 6. The Morgan fingerprint density at radius 2 is 2.29 bits per heavy atom. The molecule has 74 valence electrons. The maximum absolute atomic E-state index is 5.39. The number of aryl methyl sites for hydroxylation is 1. The van der Waals surface area contributed by atoms with Gasteiger partial charge in [0.25, 0.3) is 0 Å². The zero-order chi connectivity index (χ0) is 9.97. The minimum Gasteiger partial charge on any atom is -0.324 e. The van der Waals surface area contributed by atoms with E-state index >= 15 is 0 Å². The third-order valence-corrected chi connectivity index (χ3v) is 1.88. The van der Waals surface area contributed by atoms with E-state index in [0.29, 0.717) is 18.9 Å². The fraction of sp³-hybridized carbons (Fsp3) is 0.429. The lowest BCUT2D eigenvalue weighted by Crippen LogP contribution is -2.08. The zero-order valence-electron chi connectivity index (χ0n) is 7.83. The van der Waals surface area contributed by atoms with Crippen molar-refractivity contribution in [3.63, 3.8) is 0 Å². The molecule has 2 aromatic rings. The van der Waals surface area contributed by atoms with E-state index in [4.69, 9.17) is 5.73 Å². The molecular formula is C7H11N7. The van der Waals surface area contributed by atoms with Crippen molar-refractivity contribution in [2.75, 3.05) is 0 Å². The Bertz CT molecular complexity index is 415. The van der Waals surface area contributed by atoms with Crippen molar-refractivity contribution >= 4 is 0 Å². The van der Waals surface area contributed by atoms with E-state index in [1.54, 1.807) is 15.7 Å². The summed E-state index contributed by atoms with van der Waals surface area (Å²) in [6.07, 6.45) is 3.15. The van der Waals surface area contributed by atoms with Crippen molar-refractivity contribution in [1.82, 2.24) is 29.5 Å². The van der Waals surface area contributed by atoms with Crippen molar-refractivity contribution in [2.24, 2.45) is 12.8 Å². The molecule has 0 atom stereocenters. The van der Waals surface area contributed by atoms with Crippen LogP contribution in [0.2, 0.25) is 0 Å². The fourth-order valence-corrected chi connectivity index (χ4v) is 1.11. The Kier molecular flexibility index (Phi) is 2.23. The Morgan fingerprint density at radius 3 is 2.86 bits per heavy atom. The second-order valence-electron chi connectivity index (χ2n) is 2.86. The molecule has 0 spiro atoms. The number of hydrogen-bond donors (Lipinski definition) is 1. The molecule has 0 bridgehead atoms. The van der Waals surface area contributed by atoms with Crippen LogP contribution < -0.4 is 5.73 Å². The fourth-order valence-electron chi connectivity index (χ4n) is 1.11. The zero-order valence-corrected chi connectivity index (χ0v) is 7.83. The molecular weight excluding hydrogens is 182 g/mol. The van der Waals surface area contributed by atoms with Crippen molar-refractivity contribution < 1.29 is 0 Å². The predicted octanol–water partition coefficient (Wildman–Crippen LogP) is -1.09. The Hall–Kier alpha value is -1.76. The van der Waals surface area contributed by atoms with Crippen LogP contribution >= 0.6 is 0 Å². The van der Waals surface area contributed by atoms with E-state index < -0.39 is 0 Å².